The molecule has 0 saturated heterocycles. The Morgan fingerprint density at radius 3 is 2.62 bits per heavy atom. The fourth-order valence-electron chi connectivity index (χ4n) is 1.75. The number of benzene rings is 1. The van der Waals surface area contributed by atoms with Crippen molar-refractivity contribution in [3.05, 3.63) is 45.9 Å². The Morgan fingerprint density at radius 2 is 2.00 bits per heavy atom. The smallest absolute Gasteiger partial charge is 0.265 e. The van der Waals surface area contributed by atoms with E-state index < -0.39 is 5.91 Å². The highest BCUT2D eigenvalue weighted by atomic mass is 16.2. The molecular formula is C12H12N2O2. The lowest BCUT2D eigenvalue weighted by atomic mass is 10.1. The third-order valence-corrected chi connectivity index (χ3v) is 2.65. The third kappa shape index (κ3) is 1.48. The van der Waals surface area contributed by atoms with Crippen LogP contribution in [0.5, 0.6) is 0 Å². The highest BCUT2D eigenvalue weighted by Crippen LogP contribution is 2.13. The number of carbonyl (C=O) groups is 1. The van der Waals surface area contributed by atoms with E-state index in [1.54, 1.807) is 13.1 Å². The van der Waals surface area contributed by atoms with Gasteiger partial charge in [-0.1, -0.05) is 17.7 Å². The van der Waals surface area contributed by atoms with E-state index in [0.717, 1.165) is 10.9 Å². The standard InChI is InChI=1S/C12H12N2O2/c1-7-3-4-8-6-10(11(13)15)14(2)12(16)9(8)5-7/h3-6H,1-2H3,(H2,13,15). The number of fused-ring (bicyclic) bond motifs is 1. The minimum atomic E-state index is -0.595. The molecule has 4 nitrogen and oxygen atoms in total. The third-order valence-electron chi connectivity index (χ3n) is 2.65. The van der Waals surface area contributed by atoms with Crippen LogP contribution in [-0.4, -0.2) is 10.5 Å². The first-order chi connectivity index (χ1) is 7.50. The summed E-state index contributed by atoms with van der Waals surface area (Å²) in [4.78, 5) is 23.1. The molecular weight excluding hydrogens is 204 g/mol. The first-order valence-electron chi connectivity index (χ1n) is 4.91. The summed E-state index contributed by atoms with van der Waals surface area (Å²) in [7, 11) is 1.55. The SMILES string of the molecule is Cc1ccc2cc(C(N)=O)n(C)c(=O)c2c1. The zero-order chi connectivity index (χ0) is 11.9. The number of amides is 1. The second-order valence-corrected chi connectivity index (χ2v) is 3.85. The van der Waals surface area contributed by atoms with E-state index in [2.05, 4.69) is 0 Å². The molecule has 0 unspecified atom stereocenters. The van der Waals surface area contributed by atoms with Crippen LogP contribution >= 0.6 is 0 Å². The number of hydrogen-bond acceptors (Lipinski definition) is 2. The Balaban J connectivity index is 2.94. The largest absolute Gasteiger partial charge is 0.364 e. The molecule has 4 heteroatoms. The van der Waals surface area contributed by atoms with Gasteiger partial charge in [0.1, 0.15) is 5.69 Å². The van der Waals surface area contributed by atoms with Crippen molar-refractivity contribution in [1.82, 2.24) is 4.57 Å². The zero-order valence-electron chi connectivity index (χ0n) is 9.15. The van der Waals surface area contributed by atoms with Crippen LogP contribution in [0.25, 0.3) is 10.8 Å². The van der Waals surface area contributed by atoms with E-state index in [-0.39, 0.29) is 11.3 Å². The highest BCUT2D eigenvalue weighted by molar-refractivity contribution is 5.95. The van der Waals surface area contributed by atoms with Crippen molar-refractivity contribution < 1.29 is 4.79 Å². The van der Waals surface area contributed by atoms with Gasteiger partial charge in [0, 0.05) is 12.4 Å². The number of primary amides is 1. The van der Waals surface area contributed by atoms with Crippen molar-refractivity contribution in [3.8, 4) is 0 Å². The van der Waals surface area contributed by atoms with Crippen LogP contribution in [0.4, 0.5) is 0 Å². The van der Waals surface area contributed by atoms with Gasteiger partial charge in [-0.25, -0.2) is 0 Å². The summed E-state index contributed by atoms with van der Waals surface area (Å²) < 4.78 is 1.28. The van der Waals surface area contributed by atoms with Gasteiger partial charge in [-0.15, -0.1) is 0 Å². The molecule has 0 bridgehead atoms. The van der Waals surface area contributed by atoms with Gasteiger partial charge >= 0.3 is 0 Å². The van der Waals surface area contributed by atoms with E-state index >= 15 is 0 Å². The number of nitrogens with zero attached hydrogens (tertiary/aromatic N) is 1. The molecule has 1 heterocycles. The molecule has 1 amide bonds. The number of pyridine rings is 1. The maximum absolute atomic E-state index is 12.0. The van der Waals surface area contributed by atoms with Gasteiger partial charge in [0.25, 0.3) is 11.5 Å². The van der Waals surface area contributed by atoms with Crippen molar-refractivity contribution in [1.29, 1.82) is 0 Å². The lowest BCUT2D eigenvalue weighted by Crippen LogP contribution is -2.26. The number of nitrogens with two attached hydrogens (primary N) is 1. The fourth-order valence-corrected chi connectivity index (χ4v) is 1.75. The maximum Gasteiger partial charge on any atom is 0.265 e. The molecule has 0 radical (unpaired) electrons. The fraction of sp³-hybridized carbons (Fsp3) is 0.167. The van der Waals surface area contributed by atoms with Crippen molar-refractivity contribution in [2.45, 2.75) is 6.92 Å². The minimum absolute atomic E-state index is 0.199. The molecule has 1 aromatic carbocycles. The van der Waals surface area contributed by atoms with Crippen molar-refractivity contribution in [3.63, 3.8) is 0 Å². The monoisotopic (exact) mass is 216 g/mol. The molecule has 0 fully saturated rings. The normalized spacial score (nSPS) is 10.6. The van der Waals surface area contributed by atoms with E-state index in [0.29, 0.717) is 5.39 Å². The molecule has 1 aromatic heterocycles. The number of aryl methyl sites for hydroxylation is 1. The Kier molecular flexibility index (Phi) is 2.27. The zero-order valence-corrected chi connectivity index (χ0v) is 9.15. The number of carbonyl (C=O) groups excluding carboxylic acids is 1. The molecule has 0 aliphatic rings. The highest BCUT2D eigenvalue weighted by Gasteiger charge is 2.10. The van der Waals surface area contributed by atoms with Crippen LogP contribution in [0.3, 0.4) is 0 Å². The van der Waals surface area contributed by atoms with Gasteiger partial charge in [0.2, 0.25) is 0 Å². The van der Waals surface area contributed by atoms with E-state index in [1.807, 2.05) is 25.1 Å². The molecule has 0 spiro atoms. The lowest BCUT2D eigenvalue weighted by Gasteiger charge is -2.07. The first-order valence-corrected chi connectivity index (χ1v) is 4.91. The van der Waals surface area contributed by atoms with Crippen LogP contribution in [0.2, 0.25) is 0 Å². The van der Waals surface area contributed by atoms with Crippen molar-refractivity contribution in [2.24, 2.45) is 12.8 Å². The summed E-state index contributed by atoms with van der Waals surface area (Å²) in [5.74, 6) is -0.595. The predicted molar refractivity (Wildman–Crippen MR) is 62.4 cm³/mol. The Hall–Kier alpha value is -2.10. The van der Waals surface area contributed by atoms with Gasteiger partial charge in [-0.2, -0.15) is 0 Å². The van der Waals surface area contributed by atoms with Crippen molar-refractivity contribution >= 4 is 16.7 Å². The Morgan fingerprint density at radius 1 is 1.31 bits per heavy atom. The van der Waals surface area contributed by atoms with Crippen LogP contribution in [-0.2, 0) is 7.05 Å². The number of rotatable bonds is 1. The van der Waals surface area contributed by atoms with Gasteiger partial charge in [0.15, 0.2) is 0 Å². The average Bonchev–Trinajstić information content (AvgIpc) is 2.23. The summed E-state index contributed by atoms with van der Waals surface area (Å²) in [6.45, 7) is 1.92. The van der Waals surface area contributed by atoms with Gasteiger partial charge < -0.3 is 10.3 Å². The topological polar surface area (TPSA) is 65.1 Å². The number of hydrogen-bond donors (Lipinski definition) is 1. The maximum atomic E-state index is 12.0. The lowest BCUT2D eigenvalue weighted by molar-refractivity contribution is 0.0991. The molecule has 82 valence electrons. The molecule has 16 heavy (non-hydrogen) atoms. The molecule has 0 aliphatic carbocycles. The van der Waals surface area contributed by atoms with Crippen LogP contribution in [0.15, 0.2) is 29.1 Å². The predicted octanol–water partition coefficient (Wildman–Crippen LogP) is 0.946. The van der Waals surface area contributed by atoms with E-state index in [9.17, 15) is 9.59 Å². The molecule has 2 aromatic rings. The van der Waals surface area contributed by atoms with E-state index in [4.69, 9.17) is 5.73 Å². The van der Waals surface area contributed by atoms with Gasteiger partial charge in [-0.05, 0) is 24.4 Å². The summed E-state index contributed by atoms with van der Waals surface area (Å²) in [5, 5.41) is 1.34. The summed E-state index contributed by atoms with van der Waals surface area (Å²) in [5.41, 5.74) is 6.24. The Labute approximate surface area is 92.3 Å². The molecule has 0 aliphatic heterocycles. The summed E-state index contributed by atoms with van der Waals surface area (Å²) in [6.07, 6.45) is 0. The quantitative estimate of drug-likeness (QED) is 0.771. The van der Waals surface area contributed by atoms with Gasteiger partial charge in [0.05, 0.1) is 0 Å². The van der Waals surface area contributed by atoms with Gasteiger partial charge in [-0.3, -0.25) is 9.59 Å². The minimum Gasteiger partial charge on any atom is -0.364 e. The molecule has 0 atom stereocenters. The molecule has 2 rings (SSSR count). The number of aromatic nitrogens is 1. The molecule has 2 N–H and O–H groups in total. The molecule has 0 saturated carbocycles. The second kappa shape index (κ2) is 3.48. The average molecular weight is 216 g/mol. The summed E-state index contributed by atoms with van der Waals surface area (Å²) >= 11 is 0. The summed E-state index contributed by atoms with van der Waals surface area (Å²) in [6, 6.07) is 7.16. The van der Waals surface area contributed by atoms with Crippen molar-refractivity contribution in [2.75, 3.05) is 0 Å². The van der Waals surface area contributed by atoms with Crippen LogP contribution < -0.4 is 11.3 Å². The van der Waals surface area contributed by atoms with E-state index in [1.165, 1.54) is 4.57 Å². The second-order valence-electron chi connectivity index (χ2n) is 3.85. The van der Waals surface area contributed by atoms with Crippen LogP contribution in [0, 0.1) is 6.92 Å². The Bertz CT molecular complexity index is 641. The van der Waals surface area contributed by atoms with Crippen LogP contribution in [0.1, 0.15) is 16.1 Å². The first kappa shape index (κ1) is 10.4.